The summed E-state index contributed by atoms with van der Waals surface area (Å²) in [6.07, 6.45) is 0. The first-order valence-corrected chi connectivity index (χ1v) is 8.81. The van der Waals surface area contributed by atoms with Crippen LogP contribution in [0.1, 0.15) is 0 Å². The molecule has 0 aliphatic rings. The molecule has 0 saturated heterocycles. The van der Waals surface area contributed by atoms with Gasteiger partial charge in [-0.1, -0.05) is 15.9 Å². The molecule has 0 aliphatic carbocycles. The summed E-state index contributed by atoms with van der Waals surface area (Å²) >= 11 is 17.8. The van der Waals surface area contributed by atoms with Crippen LogP contribution in [-0.4, -0.2) is 0 Å². The van der Waals surface area contributed by atoms with E-state index in [1.54, 1.807) is 0 Å². The molecule has 1 nitrogen and oxygen atoms in total. The Morgan fingerprint density at radius 1 is 0.778 bits per heavy atom. The minimum atomic E-state index is 0.824. The van der Waals surface area contributed by atoms with Gasteiger partial charge in [0.1, 0.15) is 5.58 Å². The molecule has 1 aromatic heterocycles. The lowest BCUT2D eigenvalue weighted by Crippen LogP contribution is -1.79. The Morgan fingerprint density at radius 3 is 2.17 bits per heavy atom. The molecule has 0 unspecified atom stereocenters. The highest BCUT2D eigenvalue weighted by atomic mass is 79.9. The Labute approximate surface area is 145 Å². The van der Waals surface area contributed by atoms with Gasteiger partial charge in [-0.3, -0.25) is 0 Å². The van der Waals surface area contributed by atoms with E-state index in [1.807, 2.05) is 12.1 Å². The van der Waals surface area contributed by atoms with Gasteiger partial charge in [0.15, 0.2) is 5.58 Å². The molecule has 0 amide bonds. The van der Waals surface area contributed by atoms with Crippen LogP contribution in [0.5, 0.6) is 0 Å². The first-order chi connectivity index (χ1) is 8.50. The Kier molecular flexibility index (Phi) is 3.69. The molecule has 0 N–H and O–H groups in total. The zero-order valence-electron chi connectivity index (χ0n) is 8.53. The van der Waals surface area contributed by atoms with E-state index in [0.717, 1.165) is 44.3 Å². The van der Waals surface area contributed by atoms with Crippen molar-refractivity contribution in [3.63, 3.8) is 0 Å². The fourth-order valence-electron chi connectivity index (χ4n) is 1.84. The van der Waals surface area contributed by atoms with Gasteiger partial charge in [-0.25, -0.2) is 0 Å². The van der Waals surface area contributed by atoms with E-state index >= 15 is 0 Å². The van der Waals surface area contributed by atoms with E-state index < -0.39 is 0 Å². The van der Waals surface area contributed by atoms with Crippen molar-refractivity contribution in [2.45, 2.75) is 0 Å². The van der Waals surface area contributed by atoms with Gasteiger partial charge in [-0.15, -0.1) is 0 Å². The molecular weight excluding hydrogens is 560 g/mol. The maximum Gasteiger partial charge on any atom is 0.151 e. The van der Waals surface area contributed by atoms with Crippen molar-refractivity contribution in [3.8, 4) is 0 Å². The molecule has 0 fully saturated rings. The first-order valence-electron chi connectivity index (χ1n) is 4.84. The molecule has 2 aromatic carbocycles. The lowest BCUT2D eigenvalue weighted by atomic mass is 10.1. The molecule has 1 heterocycles. The van der Waals surface area contributed by atoms with Gasteiger partial charge in [0.2, 0.25) is 0 Å². The summed E-state index contributed by atoms with van der Waals surface area (Å²) in [6, 6.07) is 5.98. The Hall–Kier alpha value is 0.640. The third kappa shape index (κ3) is 1.95. The summed E-state index contributed by atoms with van der Waals surface area (Å²) in [5.74, 6) is 0. The lowest BCUT2D eigenvalue weighted by Gasteiger charge is -2.04. The average Bonchev–Trinajstić information content (AvgIpc) is 2.72. The van der Waals surface area contributed by atoms with Crippen molar-refractivity contribution in [1.82, 2.24) is 0 Å². The predicted octanol–water partition coefficient (Wildman–Crippen LogP) is 7.40. The zero-order valence-corrected chi connectivity index (χ0v) is 16.5. The third-order valence-corrected chi connectivity index (χ3v) is 7.87. The van der Waals surface area contributed by atoms with Gasteiger partial charge in [0, 0.05) is 24.2 Å². The third-order valence-electron chi connectivity index (χ3n) is 2.65. The van der Waals surface area contributed by atoms with E-state index in [2.05, 4.69) is 85.7 Å². The molecule has 0 radical (unpaired) electrons. The van der Waals surface area contributed by atoms with Gasteiger partial charge < -0.3 is 4.42 Å². The van der Waals surface area contributed by atoms with Crippen LogP contribution < -0.4 is 0 Å². The summed E-state index contributed by atoms with van der Waals surface area (Å²) in [6.45, 7) is 0. The van der Waals surface area contributed by atoms with E-state index in [-0.39, 0.29) is 0 Å². The van der Waals surface area contributed by atoms with Crippen molar-refractivity contribution in [2.75, 3.05) is 0 Å². The summed E-state index contributed by atoms with van der Waals surface area (Å²) in [4.78, 5) is 0. The van der Waals surface area contributed by atoms with E-state index in [4.69, 9.17) is 4.42 Å². The molecule has 0 spiro atoms. The van der Waals surface area contributed by atoms with Crippen LogP contribution in [0.4, 0.5) is 0 Å². The molecular formula is C12H3Br5O. The monoisotopic (exact) mass is 558 g/mol. The molecule has 3 aromatic rings. The highest BCUT2D eigenvalue weighted by Crippen LogP contribution is 2.47. The number of fused-ring (bicyclic) bond motifs is 3. The number of hydrogen-bond donors (Lipinski definition) is 0. The first kappa shape index (κ1) is 13.6. The average molecular weight is 563 g/mol. The highest BCUT2D eigenvalue weighted by molar-refractivity contribution is 9.15. The van der Waals surface area contributed by atoms with E-state index in [1.165, 1.54) is 0 Å². The quantitative estimate of drug-likeness (QED) is 0.206. The van der Waals surface area contributed by atoms with Gasteiger partial charge in [0.05, 0.1) is 8.95 Å². The highest BCUT2D eigenvalue weighted by Gasteiger charge is 2.19. The predicted molar refractivity (Wildman–Crippen MR) is 92.2 cm³/mol. The normalized spacial score (nSPS) is 11.6. The van der Waals surface area contributed by atoms with Gasteiger partial charge in [-0.2, -0.15) is 0 Å². The van der Waals surface area contributed by atoms with Crippen LogP contribution in [-0.2, 0) is 0 Å². The maximum atomic E-state index is 5.91. The summed E-state index contributed by atoms with van der Waals surface area (Å²) in [5, 5.41) is 2.12. The molecule has 6 heteroatoms. The molecule has 0 saturated carbocycles. The lowest BCUT2D eigenvalue weighted by molar-refractivity contribution is 0.666. The second-order valence-electron chi connectivity index (χ2n) is 3.70. The zero-order chi connectivity index (χ0) is 13.0. The van der Waals surface area contributed by atoms with Crippen LogP contribution in [0.3, 0.4) is 0 Å². The van der Waals surface area contributed by atoms with Gasteiger partial charge >= 0.3 is 0 Å². The van der Waals surface area contributed by atoms with Crippen LogP contribution >= 0.6 is 79.6 Å². The Morgan fingerprint density at radius 2 is 1.44 bits per heavy atom. The van der Waals surface area contributed by atoms with Crippen molar-refractivity contribution < 1.29 is 4.42 Å². The van der Waals surface area contributed by atoms with Crippen molar-refractivity contribution >= 4 is 102 Å². The molecule has 92 valence electrons. The van der Waals surface area contributed by atoms with Crippen LogP contribution in [0.25, 0.3) is 21.9 Å². The van der Waals surface area contributed by atoms with Crippen molar-refractivity contribution in [3.05, 3.63) is 40.6 Å². The van der Waals surface area contributed by atoms with Crippen LogP contribution in [0.2, 0.25) is 0 Å². The number of halogens is 5. The van der Waals surface area contributed by atoms with Gasteiger partial charge in [-0.05, 0) is 81.9 Å². The van der Waals surface area contributed by atoms with Crippen LogP contribution in [0, 0.1) is 0 Å². The van der Waals surface area contributed by atoms with E-state index in [9.17, 15) is 0 Å². The van der Waals surface area contributed by atoms with Crippen LogP contribution in [0.15, 0.2) is 45.0 Å². The molecule has 3 rings (SSSR count). The van der Waals surface area contributed by atoms with Crippen molar-refractivity contribution in [2.24, 2.45) is 0 Å². The number of rotatable bonds is 0. The topological polar surface area (TPSA) is 13.1 Å². The maximum absolute atomic E-state index is 5.91. The van der Waals surface area contributed by atoms with Crippen molar-refractivity contribution in [1.29, 1.82) is 0 Å². The fraction of sp³-hybridized carbons (Fsp3) is 0. The van der Waals surface area contributed by atoms with Gasteiger partial charge in [0.25, 0.3) is 0 Å². The minimum absolute atomic E-state index is 0.824. The van der Waals surface area contributed by atoms with E-state index in [0.29, 0.717) is 0 Å². The minimum Gasteiger partial charge on any atom is -0.455 e. The number of hydrogen-bond acceptors (Lipinski definition) is 1. The second kappa shape index (κ2) is 4.88. The Balaban J connectivity index is 2.64. The standard InChI is InChI=1S/C12H3Br5O/c13-4-1-2-6-5(3-4)7-8(14)9(15)10(16)11(17)12(7)18-6/h1-3H. The summed E-state index contributed by atoms with van der Waals surface area (Å²) in [7, 11) is 0. The molecule has 0 atom stereocenters. The smallest absolute Gasteiger partial charge is 0.151 e. The number of furan rings is 1. The molecule has 0 aliphatic heterocycles. The summed E-state index contributed by atoms with van der Waals surface area (Å²) < 4.78 is 10.7. The summed E-state index contributed by atoms with van der Waals surface area (Å²) in [5.41, 5.74) is 1.68. The Bertz CT molecular complexity index is 790. The molecule has 0 bridgehead atoms. The largest absolute Gasteiger partial charge is 0.455 e. The SMILES string of the molecule is Brc1ccc2oc3c(Br)c(Br)c(Br)c(Br)c3c2c1. The number of benzene rings is 2. The fourth-order valence-corrected chi connectivity index (χ4v) is 4.58. The second-order valence-corrected chi connectivity index (χ2v) is 7.79. The molecule has 18 heavy (non-hydrogen) atoms.